The number of anilines is 2. The van der Waals surface area contributed by atoms with Crippen molar-refractivity contribution in [2.75, 3.05) is 24.3 Å². The number of fused-ring (bicyclic) bond motifs is 1. The minimum Gasteiger partial charge on any atom is -0.497 e. The molecule has 0 spiro atoms. The van der Waals surface area contributed by atoms with E-state index in [1.165, 1.54) is 24.3 Å². The molecule has 1 amide bonds. The van der Waals surface area contributed by atoms with Gasteiger partial charge in [0.25, 0.3) is 15.9 Å². The monoisotopic (exact) mass is 569 g/mol. The number of hydrogen-bond acceptors (Lipinski definition) is 8. The van der Waals surface area contributed by atoms with Gasteiger partial charge in [-0.1, -0.05) is 18.2 Å². The number of rotatable bonds is 8. The molecule has 0 bridgehead atoms. The average Bonchev–Trinajstić information content (AvgIpc) is 2.95. The summed E-state index contributed by atoms with van der Waals surface area (Å²) in [5.74, 6) is 1.45. The van der Waals surface area contributed by atoms with Crippen LogP contribution < -0.4 is 19.5 Å². The minimum absolute atomic E-state index is 0.0210. The Morgan fingerprint density at radius 1 is 0.829 bits per heavy atom. The number of aryl methyl sites for hydroxylation is 2. The highest BCUT2D eigenvalue weighted by atomic mass is 32.2. The molecule has 0 saturated heterocycles. The van der Waals surface area contributed by atoms with Crippen molar-refractivity contribution in [3.8, 4) is 22.8 Å². The largest absolute Gasteiger partial charge is 0.497 e. The molecule has 10 nitrogen and oxygen atoms in total. The quantitative estimate of drug-likeness (QED) is 0.255. The van der Waals surface area contributed by atoms with Crippen LogP contribution in [-0.2, 0) is 10.0 Å². The first-order chi connectivity index (χ1) is 19.7. The molecule has 5 rings (SSSR count). The maximum absolute atomic E-state index is 13.5. The Morgan fingerprint density at radius 2 is 1.59 bits per heavy atom. The molecule has 41 heavy (non-hydrogen) atoms. The number of nitrogens with zero attached hydrogens (tertiary/aromatic N) is 3. The predicted octanol–water partition coefficient (Wildman–Crippen LogP) is 5.38. The molecule has 0 fully saturated rings. The zero-order valence-electron chi connectivity index (χ0n) is 22.8. The minimum atomic E-state index is -3.90. The van der Waals surface area contributed by atoms with E-state index >= 15 is 0 Å². The fourth-order valence-corrected chi connectivity index (χ4v) is 5.39. The molecular weight excluding hydrogens is 542 g/mol. The van der Waals surface area contributed by atoms with E-state index in [4.69, 9.17) is 14.5 Å². The Balaban J connectivity index is 1.43. The third-order valence-corrected chi connectivity index (χ3v) is 7.64. The summed E-state index contributed by atoms with van der Waals surface area (Å²) in [5, 5.41) is 3.53. The number of para-hydroxylation sites is 1. The summed E-state index contributed by atoms with van der Waals surface area (Å²) in [7, 11) is -0.773. The first-order valence-electron chi connectivity index (χ1n) is 12.6. The van der Waals surface area contributed by atoms with E-state index in [9.17, 15) is 13.2 Å². The van der Waals surface area contributed by atoms with Gasteiger partial charge in [-0.2, -0.15) is 0 Å². The lowest BCUT2D eigenvalue weighted by Crippen LogP contribution is -2.15. The maximum Gasteiger partial charge on any atom is 0.263 e. The lowest BCUT2D eigenvalue weighted by molar-refractivity contribution is 0.102. The number of nitrogens with one attached hydrogen (secondary N) is 2. The number of hydrogen-bond donors (Lipinski definition) is 2. The lowest BCUT2D eigenvalue weighted by atomic mass is 10.0. The van der Waals surface area contributed by atoms with E-state index in [1.54, 1.807) is 52.3 Å². The molecule has 11 heteroatoms. The second-order valence-corrected chi connectivity index (χ2v) is 10.8. The van der Waals surface area contributed by atoms with E-state index in [1.807, 2.05) is 30.3 Å². The van der Waals surface area contributed by atoms with Crippen molar-refractivity contribution < 1.29 is 22.7 Å². The van der Waals surface area contributed by atoms with Crippen LogP contribution in [-0.4, -0.2) is 43.5 Å². The fraction of sp³-hybridized carbons (Fsp3) is 0.133. The normalized spacial score (nSPS) is 11.2. The van der Waals surface area contributed by atoms with E-state index in [0.29, 0.717) is 56.4 Å². The van der Waals surface area contributed by atoms with Crippen LogP contribution in [0.1, 0.15) is 21.9 Å². The summed E-state index contributed by atoms with van der Waals surface area (Å²) < 4.78 is 39.1. The van der Waals surface area contributed by atoms with Gasteiger partial charge < -0.3 is 14.8 Å². The van der Waals surface area contributed by atoms with E-state index in [0.717, 1.165) is 0 Å². The topological polar surface area (TPSA) is 132 Å². The molecule has 208 valence electrons. The van der Waals surface area contributed by atoms with Gasteiger partial charge >= 0.3 is 0 Å². The van der Waals surface area contributed by atoms with E-state index < -0.39 is 10.0 Å². The van der Waals surface area contributed by atoms with Crippen molar-refractivity contribution >= 4 is 38.3 Å². The summed E-state index contributed by atoms with van der Waals surface area (Å²) in [6.45, 7) is 3.44. The molecule has 0 radical (unpaired) electrons. The standard InChI is InChI=1S/C30H27N5O5S/c1-18-15-29(32-19(2)31-18)35-41(37,38)22-12-9-20(10-13-22)33-30(36)25-17-27(34-26-8-6-5-7-23(25)26)24-14-11-21(39-3)16-28(24)40-4/h5-17H,1-4H3,(H,33,36)(H,31,32,35). The highest BCUT2D eigenvalue weighted by molar-refractivity contribution is 7.92. The summed E-state index contributed by atoms with van der Waals surface area (Å²) in [6, 6.07) is 21.9. The summed E-state index contributed by atoms with van der Waals surface area (Å²) >= 11 is 0. The van der Waals surface area contributed by atoms with Gasteiger partial charge in [0.05, 0.1) is 35.9 Å². The van der Waals surface area contributed by atoms with Crippen LogP contribution in [0.25, 0.3) is 22.2 Å². The molecule has 0 aliphatic heterocycles. The van der Waals surface area contributed by atoms with Gasteiger partial charge in [-0.05, 0) is 62.4 Å². The van der Waals surface area contributed by atoms with Crippen molar-refractivity contribution in [1.82, 2.24) is 15.0 Å². The van der Waals surface area contributed by atoms with Crippen LogP contribution in [0.15, 0.2) is 83.8 Å². The first-order valence-corrected chi connectivity index (χ1v) is 14.0. The van der Waals surface area contributed by atoms with Crippen LogP contribution in [0.3, 0.4) is 0 Å². The van der Waals surface area contributed by atoms with Crippen LogP contribution >= 0.6 is 0 Å². The van der Waals surface area contributed by atoms with Gasteiger partial charge in [0.1, 0.15) is 23.1 Å². The van der Waals surface area contributed by atoms with Crippen molar-refractivity contribution in [3.63, 3.8) is 0 Å². The van der Waals surface area contributed by atoms with Gasteiger partial charge in [0.15, 0.2) is 0 Å². The number of amides is 1. The van der Waals surface area contributed by atoms with E-state index in [-0.39, 0.29) is 16.6 Å². The Bertz CT molecular complexity index is 1860. The number of carbonyl (C=O) groups is 1. The van der Waals surface area contributed by atoms with Crippen LogP contribution in [0, 0.1) is 13.8 Å². The number of ether oxygens (including phenoxy) is 2. The first kappa shape index (κ1) is 27.5. The van der Waals surface area contributed by atoms with Crippen LogP contribution in [0.4, 0.5) is 11.5 Å². The van der Waals surface area contributed by atoms with Crippen molar-refractivity contribution in [2.45, 2.75) is 18.7 Å². The Hall–Kier alpha value is -5.03. The smallest absolute Gasteiger partial charge is 0.263 e. The Labute approximate surface area is 237 Å². The Kier molecular flexibility index (Phi) is 7.54. The SMILES string of the molecule is COc1ccc(-c2cc(C(=O)Nc3ccc(S(=O)(=O)Nc4cc(C)nc(C)n4)cc3)c3ccccc3n2)c(OC)c1. The lowest BCUT2D eigenvalue weighted by Gasteiger charge is -2.14. The molecule has 2 N–H and O–H groups in total. The summed E-state index contributed by atoms with van der Waals surface area (Å²) in [5.41, 5.74) is 3.35. The molecule has 0 saturated carbocycles. The number of benzene rings is 3. The molecule has 0 aliphatic carbocycles. The molecule has 0 aliphatic rings. The second kappa shape index (κ2) is 11.2. The maximum atomic E-state index is 13.5. The molecule has 5 aromatic rings. The number of carbonyl (C=O) groups excluding carboxylic acids is 1. The fourth-order valence-electron chi connectivity index (χ4n) is 4.39. The predicted molar refractivity (Wildman–Crippen MR) is 157 cm³/mol. The number of sulfonamides is 1. The highest BCUT2D eigenvalue weighted by Gasteiger charge is 2.19. The average molecular weight is 570 g/mol. The molecule has 2 aromatic heterocycles. The van der Waals surface area contributed by atoms with Gasteiger partial charge in [0.2, 0.25) is 0 Å². The van der Waals surface area contributed by atoms with Crippen molar-refractivity contribution in [2.24, 2.45) is 0 Å². The van der Waals surface area contributed by atoms with Crippen LogP contribution in [0.2, 0.25) is 0 Å². The number of methoxy groups -OCH3 is 2. The van der Waals surface area contributed by atoms with Gasteiger partial charge in [-0.3, -0.25) is 9.52 Å². The third kappa shape index (κ3) is 5.94. The highest BCUT2D eigenvalue weighted by Crippen LogP contribution is 2.34. The summed E-state index contributed by atoms with van der Waals surface area (Å²) in [4.78, 5) is 26.6. The zero-order chi connectivity index (χ0) is 29.1. The van der Waals surface area contributed by atoms with E-state index in [2.05, 4.69) is 20.0 Å². The number of pyridine rings is 1. The third-order valence-electron chi connectivity index (χ3n) is 6.27. The second-order valence-electron chi connectivity index (χ2n) is 9.16. The van der Waals surface area contributed by atoms with Crippen LogP contribution in [0.5, 0.6) is 11.5 Å². The van der Waals surface area contributed by atoms with Gasteiger partial charge in [-0.25, -0.2) is 23.4 Å². The summed E-state index contributed by atoms with van der Waals surface area (Å²) in [6.07, 6.45) is 0. The molecule has 0 unspecified atom stereocenters. The zero-order valence-corrected chi connectivity index (χ0v) is 23.6. The van der Waals surface area contributed by atoms with Crippen molar-refractivity contribution in [1.29, 1.82) is 0 Å². The van der Waals surface area contributed by atoms with Gasteiger partial charge in [0, 0.05) is 34.5 Å². The molecule has 0 atom stereocenters. The van der Waals surface area contributed by atoms with Crippen molar-refractivity contribution in [3.05, 3.63) is 95.9 Å². The number of aromatic nitrogens is 3. The Morgan fingerprint density at radius 3 is 2.29 bits per heavy atom. The molecule has 3 aromatic carbocycles. The molecular formula is C30H27N5O5S. The van der Waals surface area contributed by atoms with Gasteiger partial charge in [-0.15, -0.1) is 0 Å². The molecule has 2 heterocycles.